The predicted octanol–water partition coefficient (Wildman–Crippen LogP) is 3.88. The molecule has 20 heavy (non-hydrogen) atoms. The molecule has 0 saturated heterocycles. The highest BCUT2D eigenvalue weighted by atomic mass is 79.9. The summed E-state index contributed by atoms with van der Waals surface area (Å²) in [4.78, 5) is 0. The van der Waals surface area contributed by atoms with Gasteiger partial charge in [-0.25, -0.2) is 4.39 Å². The van der Waals surface area contributed by atoms with E-state index in [0.29, 0.717) is 17.7 Å². The molecule has 0 amide bonds. The zero-order valence-electron chi connectivity index (χ0n) is 11.1. The fraction of sp³-hybridized carbons (Fsp3) is 0.333. The van der Waals surface area contributed by atoms with Crippen LogP contribution in [0.2, 0.25) is 0 Å². The lowest BCUT2D eigenvalue weighted by Crippen LogP contribution is -2.16. The van der Waals surface area contributed by atoms with Crippen LogP contribution in [0.3, 0.4) is 0 Å². The Kier molecular flexibility index (Phi) is 6.24. The minimum Gasteiger partial charge on any atom is -0.467 e. The molecule has 108 valence electrons. The number of benzene rings is 1. The Balaban J connectivity index is 1.54. The molecule has 0 atom stereocenters. The molecular weight excluding hydrogens is 325 g/mol. The molecule has 0 bridgehead atoms. The number of furan rings is 1. The molecule has 0 radical (unpaired) electrons. The van der Waals surface area contributed by atoms with Crippen molar-refractivity contribution in [2.75, 3.05) is 13.2 Å². The van der Waals surface area contributed by atoms with E-state index in [4.69, 9.17) is 9.15 Å². The van der Waals surface area contributed by atoms with Gasteiger partial charge in [0, 0.05) is 13.2 Å². The topological polar surface area (TPSA) is 34.4 Å². The van der Waals surface area contributed by atoms with Gasteiger partial charge in [0.1, 0.15) is 18.2 Å². The van der Waals surface area contributed by atoms with Crippen LogP contribution in [0.15, 0.2) is 45.5 Å². The van der Waals surface area contributed by atoms with E-state index >= 15 is 0 Å². The van der Waals surface area contributed by atoms with Crippen molar-refractivity contribution in [1.82, 2.24) is 5.32 Å². The van der Waals surface area contributed by atoms with Crippen LogP contribution >= 0.6 is 15.9 Å². The highest BCUT2D eigenvalue weighted by Crippen LogP contribution is 2.16. The summed E-state index contributed by atoms with van der Waals surface area (Å²) in [5.41, 5.74) is 1.05. The number of hydrogen-bond acceptors (Lipinski definition) is 3. The Morgan fingerprint density at radius 1 is 1.30 bits per heavy atom. The van der Waals surface area contributed by atoms with Crippen molar-refractivity contribution in [2.24, 2.45) is 0 Å². The molecule has 1 heterocycles. The lowest BCUT2D eigenvalue weighted by molar-refractivity contribution is 0.104. The first-order valence-electron chi connectivity index (χ1n) is 6.50. The lowest BCUT2D eigenvalue weighted by Gasteiger charge is -2.06. The highest BCUT2D eigenvalue weighted by molar-refractivity contribution is 9.10. The van der Waals surface area contributed by atoms with E-state index in [2.05, 4.69) is 21.2 Å². The van der Waals surface area contributed by atoms with E-state index in [1.807, 2.05) is 12.1 Å². The molecule has 0 fully saturated rings. The van der Waals surface area contributed by atoms with Gasteiger partial charge in [0.25, 0.3) is 0 Å². The van der Waals surface area contributed by atoms with Gasteiger partial charge in [0.15, 0.2) is 0 Å². The minimum absolute atomic E-state index is 0.236. The Bertz CT molecular complexity index is 517. The van der Waals surface area contributed by atoms with Crippen LogP contribution < -0.4 is 5.32 Å². The predicted molar refractivity (Wildman–Crippen MR) is 78.8 cm³/mol. The van der Waals surface area contributed by atoms with Crippen LogP contribution in [0.1, 0.15) is 17.7 Å². The van der Waals surface area contributed by atoms with Crippen molar-refractivity contribution in [3.05, 3.63) is 58.2 Å². The average molecular weight is 342 g/mol. The molecule has 0 saturated carbocycles. The first kappa shape index (κ1) is 15.2. The van der Waals surface area contributed by atoms with Gasteiger partial charge in [-0.05, 0) is 58.7 Å². The quantitative estimate of drug-likeness (QED) is 0.740. The molecule has 1 N–H and O–H groups in total. The van der Waals surface area contributed by atoms with Gasteiger partial charge in [-0.2, -0.15) is 0 Å². The van der Waals surface area contributed by atoms with Gasteiger partial charge in [-0.15, -0.1) is 0 Å². The van der Waals surface area contributed by atoms with Gasteiger partial charge < -0.3 is 14.5 Å². The third-order valence-corrected chi connectivity index (χ3v) is 3.39. The van der Waals surface area contributed by atoms with Crippen LogP contribution in [-0.4, -0.2) is 13.2 Å². The Morgan fingerprint density at radius 2 is 2.20 bits per heavy atom. The van der Waals surface area contributed by atoms with Crippen molar-refractivity contribution < 1.29 is 13.5 Å². The normalized spacial score (nSPS) is 10.9. The van der Waals surface area contributed by atoms with E-state index in [1.165, 1.54) is 6.07 Å². The van der Waals surface area contributed by atoms with E-state index in [9.17, 15) is 4.39 Å². The van der Waals surface area contributed by atoms with Crippen molar-refractivity contribution in [3.8, 4) is 0 Å². The zero-order valence-corrected chi connectivity index (χ0v) is 12.7. The number of ether oxygens (including phenoxy) is 1. The summed E-state index contributed by atoms with van der Waals surface area (Å²) in [6.45, 7) is 2.77. The van der Waals surface area contributed by atoms with Crippen LogP contribution in [-0.2, 0) is 17.9 Å². The van der Waals surface area contributed by atoms with E-state index in [0.717, 1.165) is 30.8 Å². The number of rotatable bonds is 8. The Hall–Kier alpha value is -1.17. The number of nitrogens with one attached hydrogen (secondary N) is 1. The summed E-state index contributed by atoms with van der Waals surface area (Å²) in [5, 5.41) is 3.30. The molecule has 0 aliphatic heterocycles. The maximum Gasteiger partial charge on any atom is 0.137 e. The van der Waals surface area contributed by atoms with Gasteiger partial charge in [-0.3, -0.25) is 0 Å². The summed E-state index contributed by atoms with van der Waals surface area (Å²) in [6.07, 6.45) is 2.56. The zero-order chi connectivity index (χ0) is 14.2. The van der Waals surface area contributed by atoms with Gasteiger partial charge in [0.05, 0.1) is 10.7 Å². The molecule has 0 spiro atoms. The van der Waals surface area contributed by atoms with Gasteiger partial charge in [0.2, 0.25) is 0 Å². The standard InChI is InChI=1S/C15H17BrFNO2/c16-14-9-12(4-5-15(14)17)10-18-6-2-7-19-11-13-3-1-8-20-13/h1,3-5,8-9,18H,2,6-7,10-11H2. The Morgan fingerprint density at radius 3 is 2.95 bits per heavy atom. The van der Waals surface area contributed by atoms with E-state index in [1.54, 1.807) is 18.4 Å². The highest BCUT2D eigenvalue weighted by Gasteiger charge is 2.00. The van der Waals surface area contributed by atoms with Gasteiger partial charge in [-0.1, -0.05) is 6.07 Å². The summed E-state index contributed by atoms with van der Waals surface area (Å²) in [5.74, 6) is 0.606. The maximum atomic E-state index is 13.1. The smallest absolute Gasteiger partial charge is 0.137 e. The molecular formula is C15H17BrFNO2. The van der Waals surface area contributed by atoms with Crippen LogP contribution in [0.5, 0.6) is 0 Å². The minimum atomic E-state index is -0.236. The number of halogens is 2. The van der Waals surface area contributed by atoms with E-state index < -0.39 is 0 Å². The molecule has 1 aromatic carbocycles. The summed E-state index contributed by atoms with van der Waals surface area (Å²) < 4.78 is 24.2. The van der Waals surface area contributed by atoms with E-state index in [-0.39, 0.29) is 5.82 Å². The van der Waals surface area contributed by atoms with Crippen molar-refractivity contribution >= 4 is 15.9 Å². The van der Waals surface area contributed by atoms with Crippen LogP contribution in [0, 0.1) is 5.82 Å². The van der Waals surface area contributed by atoms with Crippen molar-refractivity contribution in [1.29, 1.82) is 0 Å². The number of hydrogen-bond donors (Lipinski definition) is 1. The largest absolute Gasteiger partial charge is 0.467 e. The molecule has 2 aromatic rings. The monoisotopic (exact) mass is 341 g/mol. The second-order valence-electron chi connectivity index (χ2n) is 4.41. The first-order valence-corrected chi connectivity index (χ1v) is 7.30. The molecule has 0 aliphatic carbocycles. The second kappa shape index (κ2) is 8.19. The Labute approximate surface area is 126 Å². The molecule has 1 aromatic heterocycles. The average Bonchev–Trinajstić information content (AvgIpc) is 2.95. The third-order valence-electron chi connectivity index (χ3n) is 2.78. The van der Waals surface area contributed by atoms with Crippen molar-refractivity contribution in [2.45, 2.75) is 19.6 Å². The van der Waals surface area contributed by atoms with Crippen molar-refractivity contribution in [3.63, 3.8) is 0 Å². The lowest BCUT2D eigenvalue weighted by atomic mass is 10.2. The molecule has 5 heteroatoms. The fourth-order valence-electron chi connectivity index (χ4n) is 1.75. The second-order valence-corrected chi connectivity index (χ2v) is 5.27. The fourth-order valence-corrected chi connectivity index (χ4v) is 2.18. The maximum absolute atomic E-state index is 13.1. The summed E-state index contributed by atoms with van der Waals surface area (Å²) >= 11 is 3.18. The third kappa shape index (κ3) is 5.07. The molecule has 0 unspecified atom stereocenters. The van der Waals surface area contributed by atoms with Crippen LogP contribution in [0.25, 0.3) is 0 Å². The molecule has 2 rings (SSSR count). The summed E-state index contributed by atoms with van der Waals surface area (Å²) in [7, 11) is 0. The molecule has 0 aliphatic rings. The summed E-state index contributed by atoms with van der Waals surface area (Å²) in [6, 6.07) is 8.77. The molecule has 3 nitrogen and oxygen atoms in total. The first-order chi connectivity index (χ1) is 9.75. The SMILES string of the molecule is Fc1ccc(CNCCCOCc2ccco2)cc1Br. The van der Waals surface area contributed by atoms with Gasteiger partial charge >= 0.3 is 0 Å². The van der Waals surface area contributed by atoms with Crippen LogP contribution in [0.4, 0.5) is 4.39 Å².